The summed E-state index contributed by atoms with van der Waals surface area (Å²) in [4.78, 5) is 3.64. The third kappa shape index (κ3) is 20.2. The molecule has 0 aliphatic carbocycles. The monoisotopic (exact) mass is 532 g/mol. The Morgan fingerprint density at radius 2 is 0.816 bits per heavy atom. The molecule has 0 aliphatic heterocycles. The van der Waals surface area contributed by atoms with Crippen LogP contribution in [0.5, 0.6) is 0 Å². The summed E-state index contributed by atoms with van der Waals surface area (Å²) in [6, 6.07) is 0. The lowest BCUT2D eigenvalue weighted by atomic mass is 9.93. The molecule has 224 valence electrons. The van der Waals surface area contributed by atoms with E-state index in [0.717, 1.165) is 12.5 Å². The maximum Gasteiger partial charge on any atom is 0.257 e. The third-order valence-corrected chi connectivity index (χ3v) is 8.71. The van der Waals surface area contributed by atoms with E-state index >= 15 is 0 Å². The molecule has 1 aromatic rings. The summed E-state index contributed by atoms with van der Waals surface area (Å²) >= 11 is 0. The molecule has 0 fully saturated rings. The molecular weight excluding hydrogens is 460 g/mol. The van der Waals surface area contributed by atoms with Crippen molar-refractivity contribution in [2.24, 2.45) is 0 Å². The van der Waals surface area contributed by atoms with Gasteiger partial charge in [0.15, 0.2) is 0 Å². The second-order valence-corrected chi connectivity index (χ2v) is 12.4. The first-order valence-electron chi connectivity index (χ1n) is 17.9. The van der Waals surface area contributed by atoms with Crippen LogP contribution < -0.4 is 4.57 Å². The minimum Gasteiger partial charge on any atom is -0.247 e. The summed E-state index contributed by atoms with van der Waals surface area (Å²) in [7, 11) is 0. The normalized spacial score (nSPS) is 12.4. The van der Waals surface area contributed by atoms with Gasteiger partial charge in [-0.15, -0.1) is 0 Å². The Kier molecular flexibility index (Phi) is 25.7. The Morgan fingerprint density at radius 3 is 1.16 bits per heavy atom. The standard InChI is InChI=1S/C36H70N2/c1-4-7-9-11-13-15-16-17-18-19-20-21-23-25-27-29-31-35(36-37-32-34-38(36)33-6-3)30-28-26-24-22-14-12-10-8-5-2/h32,34-35H,4-31,33H2,1-3H3/p+1/t35-/m0/s1. The van der Waals surface area contributed by atoms with E-state index < -0.39 is 0 Å². The van der Waals surface area contributed by atoms with Gasteiger partial charge in [-0.1, -0.05) is 181 Å². The van der Waals surface area contributed by atoms with Gasteiger partial charge in [0.25, 0.3) is 5.82 Å². The van der Waals surface area contributed by atoms with Gasteiger partial charge in [0, 0.05) is 0 Å². The Balaban J connectivity index is 2.11. The van der Waals surface area contributed by atoms with Gasteiger partial charge >= 0.3 is 0 Å². The molecule has 0 amide bonds. The summed E-state index contributed by atoms with van der Waals surface area (Å²) < 4.78 is 2.50. The molecule has 0 radical (unpaired) electrons. The average Bonchev–Trinajstić information content (AvgIpc) is 3.39. The minimum absolute atomic E-state index is 0.729. The molecule has 1 atom stereocenters. The van der Waals surface area contributed by atoms with Crippen LogP contribution in [0, 0.1) is 0 Å². The van der Waals surface area contributed by atoms with E-state index in [0.29, 0.717) is 0 Å². The fraction of sp³-hybridized carbons (Fsp3) is 0.917. The van der Waals surface area contributed by atoms with Crippen LogP contribution in [-0.2, 0) is 6.54 Å². The minimum atomic E-state index is 0.729. The number of H-pyrrole nitrogens is 1. The maximum atomic E-state index is 3.64. The molecule has 2 heteroatoms. The van der Waals surface area contributed by atoms with Gasteiger partial charge < -0.3 is 0 Å². The fourth-order valence-corrected chi connectivity index (χ4v) is 6.22. The van der Waals surface area contributed by atoms with Crippen LogP contribution >= 0.6 is 0 Å². The Hall–Kier alpha value is -0.790. The summed E-state index contributed by atoms with van der Waals surface area (Å²) in [6.07, 6.45) is 44.5. The van der Waals surface area contributed by atoms with E-state index in [1.807, 2.05) is 0 Å². The fourth-order valence-electron chi connectivity index (χ4n) is 6.22. The highest BCUT2D eigenvalue weighted by atomic mass is 15.1. The molecule has 2 nitrogen and oxygen atoms in total. The van der Waals surface area contributed by atoms with Gasteiger partial charge in [0.05, 0.1) is 12.5 Å². The zero-order valence-electron chi connectivity index (χ0n) is 26.7. The number of aromatic nitrogens is 2. The van der Waals surface area contributed by atoms with Gasteiger partial charge in [-0.25, -0.2) is 9.55 Å². The zero-order valence-corrected chi connectivity index (χ0v) is 26.7. The quantitative estimate of drug-likeness (QED) is 0.0752. The maximum absolute atomic E-state index is 3.64. The molecule has 0 bridgehead atoms. The van der Waals surface area contributed by atoms with Crippen LogP contribution in [0.4, 0.5) is 0 Å². The number of imidazole rings is 1. The van der Waals surface area contributed by atoms with Crippen molar-refractivity contribution in [1.82, 2.24) is 4.98 Å². The molecule has 1 heterocycles. The number of unbranched alkanes of at least 4 members (excludes halogenated alkanes) is 23. The van der Waals surface area contributed by atoms with Crippen molar-refractivity contribution in [1.29, 1.82) is 0 Å². The van der Waals surface area contributed by atoms with Gasteiger partial charge in [-0.3, -0.25) is 0 Å². The van der Waals surface area contributed by atoms with Crippen molar-refractivity contribution in [3.8, 4) is 0 Å². The molecule has 0 aromatic carbocycles. The number of hydrogen-bond donors (Lipinski definition) is 1. The molecule has 0 aliphatic rings. The highest BCUT2D eigenvalue weighted by molar-refractivity contribution is 4.90. The Morgan fingerprint density at radius 1 is 0.474 bits per heavy atom. The van der Waals surface area contributed by atoms with E-state index in [1.165, 1.54) is 186 Å². The number of nitrogens with zero attached hydrogens (tertiary/aromatic N) is 1. The van der Waals surface area contributed by atoms with Crippen LogP contribution in [0.3, 0.4) is 0 Å². The Bertz CT molecular complexity index is 578. The summed E-state index contributed by atoms with van der Waals surface area (Å²) in [5.41, 5.74) is 0. The lowest BCUT2D eigenvalue weighted by Crippen LogP contribution is -2.37. The first kappa shape index (κ1) is 35.2. The lowest BCUT2D eigenvalue weighted by Gasteiger charge is -2.14. The molecule has 38 heavy (non-hydrogen) atoms. The van der Waals surface area contributed by atoms with E-state index in [4.69, 9.17) is 0 Å². The van der Waals surface area contributed by atoms with Crippen molar-refractivity contribution < 1.29 is 4.57 Å². The van der Waals surface area contributed by atoms with Crippen molar-refractivity contribution in [3.05, 3.63) is 18.2 Å². The summed E-state index contributed by atoms with van der Waals surface area (Å²) in [6.45, 7) is 8.08. The Labute approximate surface area is 240 Å². The topological polar surface area (TPSA) is 19.7 Å². The number of nitrogens with one attached hydrogen (secondary N) is 1. The van der Waals surface area contributed by atoms with Crippen molar-refractivity contribution in [2.75, 3.05) is 0 Å². The number of aromatic amines is 1. The molecule has 1 rings (SSSR count). The van der Waals surface area contributed by atoms with Crippen molar-refractivity contribution in [2.45, 2.75) is 213 Å². The first-order valence-corrected chi connectivity index (χ1v) is 17.9. The lowest BCUT2D eigenvalue weighted by molar-refractivity contribution is -0.704. The van der Waals surface area contributed by atoms with Crippen LogP contribution in [0.2, 0.25) is 0 Å². The highest BCUT2D eigenvalue weighted by Gasteiger charge is 2.22. The largest absolute Gasteiger partial charge is 0.257 e. The first-order chi connectivity index (χ1) is 18.8. The van der Waals surface area contributed by atoms with E-state index in [2.05, 4.69) is 42.7 Å². The number of aryl methyl sites for hydroxylation is 1. The second kappa shape index (κ2) is 27.8. The summed E-state index contributed by atoms with van der Waals surface area (Å²) in [5, 5.41) is 0. The number of hydrogen-bond acceptors (Lipinski definition) is 0. The molecule has 0 unspecified atom stereocenters. The molecule has 1 aromatic heterocycles. The van der Waals surface area contributed by atoms with Gasteiger partial charge in [-0.05, 0) is 19.3 Å². The van der Waals surface area contributed by atoms with E-state index in [-0.39, 0.29) is 0 Å². The summed E-state index contributed by atoms with van der Waals surface area (Å²) in [5.74, 6) is 2.24. The third-order valence-electron chi connectivity index (χ3n) is 8.71. The highest BCUT2D eigenvalue weighted by Crippen LogP contribution is 2.26. The van der Waals surface area contributed by atoms with Crippen molar-refractivity contribution >= 4 is 0 Å². The van der Waals surface area contributed by atoms with Crippen LogP contribution in [-0.4, -0.2) is 4.98 Å². The van der Waals surface area contributed by atoms with Crippen molar-refractivity contribution in [3.63, 3.8) is 0 Å². The molecule has 1 N–H and O–H groups in total. The number of rotatable bonds is 30. The SMILES string of the molecule is CCCCCCCCCCCCCCCCCC[C@H](CCCCCCCCCCC)c1[nH]cc[n+]1CCC. The second-order valence-electron chi connectivity index (χ2n) is 12.4. The van der Waals surface area contributed by atoms with Gasteiger partial charge in [0.1, 0.15) is 12.4 Å². The van der Waals surface area contributed by atoms with E-state index in [9.17, 15) is 0 Å². The predicted octanol–water partition coefficient (Wildman–Crippen LogP) is 12.4. The van der Waals surface area contributed by atoms with Crippen LogP contribution in [0.1, 0.15) is 212 Å². The van der Waals surface area contributed by atoms with Crippen LogP contribution in [0.15, 0.2) is 12.4 Å². The van der Waals surface area contributed by atoms with Crippen LogP contribution in [0.25, 0.3) is 0 Å². The average molecular weight is 532 g/mol. The molecule has 0 saturated heterocycles. The molecular formula is C36H71N2+. The van der Waals surface area contributed by atoms with Gasteiger partial charge in [0.2, 0.25) is 0 Å². The predicted molar refractivity (Wildman–Crippen MR) is 170 cm³/mol. The molecule has 0 spiro atoms. The molecule has 0 saturated carbocycles. The van der Waals surface area contributed by atoms with Gasteiger partial charge in [-0.2, -0.15) is 0 Å². The zero-order chi connectivity index (χ0) is 27.4. The smallest absolute Gasteiger partial charge is 0.247 e. The van der Waals surface area contributed by atoms with E-state index in [1.54, 1.807) is 0 Å².